The quantitative estimate of drug-likeness (QED) is 0.382. The van der Waals surface area contributed by atoms with Gasteiger partial charge >= 0.3 is 0 Å². The van der Waals surface area contributed by atoms with Crippen molar-refractivity contribution in [1.29, 1.82) is 0 Å². The average Bonchev–Trinajstić information content (AvgIpc) is 2.85. The second kappa shape index (κ2) is 9.44. The molecule has 0 fully saturated rings. The van der Waals surface area contributed by atoms with E-state index in [4.69, 9.17) is 20.6 Å². The van der Waals surface area contributed by atoms with Crippen molar-refractivity contribution in [2.45, 2.75) is 66.9 Å². The number of rotatable bonds is 7. The monoisotopic (exact) mass is 399 g/mol. The lowest BCUT2D eigenvalue weighted by Crippen LogP contribution is -1.98. The van der Waals surface area contributed by atoms with Crippen LogP contribution in [0.4, 0.5) is 0 Å². The van der Waals surface area contributed by atoms with Crippen molar-refractivity contribution in [2.24, 2.45) is 5.92 Å². The van der Waals surface area contributed by atoms with E-state index in [1.165, 1.54) is 30.3 Å². The number of hydrogen-bond donors (Lipinski definition) is 0. The molecule has 0 spiro atoms. The normalized spacial score (nSPS) is 21.7. The maximum Gasteiger partial charge on any atom is 0.0366 e. The summed E-state index contributed by atoms with van der Waals surface area (Å²) in [6.45, 7) is -2.82. The van der Waals surface area contributed by atoms with Crippen molar-refractivity contribution in [1.82, 2.24) is 0 Å². The van der Waals surface area contributed by atoms with E-state index in [9.17, 15) is 0 Å². The van der Waals surface area contributed by atoms with Crippen molar-refractivity contribution >= 4 is 0 Å². The van der Waals surface area contributed by atoms with Crippen molar-refractivity contribution in [2.75, 3.05) is 0 Å². The second-order valence-corrected chi connectivity index (χ2v) is 7.71. The fourth-order valence-corrected chi connectivity index (χ4v) is 3.08. The summed E-state index contributed by atoms with van der Waals surface area (Å²) in [7, 11) is 0. The molecule has 29 heavy (non-hydrogen) atoms. The van der Waals surface area contributed by atoms with Gasteiger partial charge in [-0.25, -0.2) is 0 Å². The molecule has 0 heteroatoms. The zero-order chi connectivity index (χ0) is 33.8. The molecular weight excluding hydrogens is 348 g/mol. The Balaban J connectivity index is 2.33. The lowest BCUT2D eigenvalue weighted by molar-refractivity contribution is 0.586. The summed E-state index contributed by atoms with van der Waals surface area (Å²) in [6.07, 6.45) is -7.02. The van der Waals surface area contributed by atoms with Crippen LogP contribution in [0.1, 0.15) is 90.9 Å². The zero-order valence-electron chi connectivity index (χ0n) is 32.0. The Morgan fingerprint density at radius 3 is 1.55 bits per heavy atom. The van der Waals surface area contributed by atoms with Crippen molar-refractivity contribution < 1.29 is 20.6 Å². The molecule has 0 bridgehead atoms. The maximum absolute atomic E-state index is 9.09. The molecule has 0 nitrogen and oxygen atoms in total. The van der Waals surface area contributed by atoms with Crippen LogP contribution >= 0.6 is 0 Å². The van der Waals surface area contributed by atoms with Gasteiger partial charge in [-0.2, -0.15) is 0 Å². The van der Waals surface area contributed by atoms with E-state index in [2.05, 4.69) is 0 Å². The molecule has 3 rings (SSSR count). The molecule has 0 aliphatic heterocycles. The van der Waals surface area contributed by atoms with Crippen LogP contribution in [0.3, 0.4) is 0 Å². The first kappa shape index (κ1) is 9.21. The summed E-state index contributed by atoms with van der Waals surface area (Å²) in [5, 5.41) is 0. The molecule has 0 aliphatic carbocycles. The van der Waals surface area contributed by atoms with E-state index in [0.29, 0.717) is 5.56 Å². The Labute approximate surface area is 199 Å². The van der Waals surface area contributed by atoms with E-state index in [-0.39, 0.29) is 56.8 Å². The summed E-state index contributed by atoms with van der Waals surface area (Å²) in [4.78, 5) is 0. The minimum Gasteiger partial charge on any atom is -0.0628 e. The van der Waals surface area contributed by atoms with Crippen LogP contribution in [0, 0.1) is 33.4 Å². The highest BCUT2D eigenvalue weighted by Crippen LogP contribution is 2.21. The van der Waals surface area contributed by atoms with Crippen LogP contribution in [-0.2, 0) is 19.1 Å². The molecule has 0 aliphatic rings. The fourth-order valence-electron chi connectivity index (χ4n) is 3.08. The largest absolute Gasteiger partial charge is 0.0628 e. The van der Waals surface area contributed by atoms with Gasteiger partial charge in [0, 0.05) is 20.6 Å². The summed E-state index contributed by atoms with van der Waals surface area (Å²) in [5.74, 6) is -0.102. The van der Waals surface area contributed by atoms with E-state index >= 15 is 0 Å². The molecule has 0 N–H and O–H groups in total. The first-order chi connectivity index (χ1) is 19.7. The van der Waals surface area contributed by atoms with Crippen molar-refractivity contribution in [3.8, 4) is 0 Å². The molecule has 152 valence electrons. The maximum atomic E-state index is 9.09. The third kappa shape index (κ3) is 6.60. The van der Waals surface area contributed by atoms with Gasteiger partial charge in [-0.1, -0.05) is 90.7 Å². The Kier molecular flexibility index (Phi) is 3.00. The molecule has 0 amide bonds. The van der Waals surface area contributed by atoms with E-state index in [0.717, 1.165) is 24.3 Å². The van der Waals surface area contributed by atoms with Crippen LogP contribution in [0.25, 0.3) is 0 Å². The number of benzene rings is 3. The van der Waals surface area contributed by atoms with Crippen LogP contribution in [0.15, 0.2) is 54.6 Å². The SMILES string of the molecule is [2H]C([2H])([2H])c1cc(C)cc(C([2H])([2H])c2cc(C([2H])([2H])[2H])cc(C([2H])([2H])c3cc(C([2H])([2H])[2H])cc(C([2H])([2H])CC(C)C)c3)c2)c1. The van der Waals surface area contributed by atoms with E-state index in [1.807, 2.05) is 0 Å². The minimum absolute atomic E-state index is 0.0352. The van der Waals surface area contributed by atoms with Gasteiger partial charge in [0.2, 0.25) is 0 Å². The summed E-state index contributed by atoms with van der Waals surface area (Å²) < 4.78 is 125. The standard InChI is InChI=1S/C29H36/c1-20(2)7-8-25-10-23(5)13-27(16-25)18-29-15-24(6)14-28(19-29)17-26-11-21(3)9-22(4)12-26/h9-16,19-20H,7-8,17-18H2,1-6H3/i3D3,5D3,6D3,8D2,17D2,18D2. The Hall–Kier alpha value is -2.34. The van der Waals surface area contributed by atoms with Crippen molar-refractivity contribution in [3.05, 3.63) is 105 Å². The van der Waals surface area contributed by atoms with Crippen LogP contribution < -0.4 is 0 Å². The van der Waals surface area contributed by atoms with E-state index < -0.39 is 39.7 Å². The van der Waals surface area contributed by atoms with Crippen molar-refractivity contribution in [3.63, 3.8) is 0 Å². The molecule has 0 unspecified atom stereocenters. The van der Waals surface area contributed by atoms with Gasteiger partial charge in [0.05, 0.1) is 0 Å². The minimum atomic E-state index is -2.78. The van der Waals surface area contributed by atoms with Gasteiger partial charge in [0.1, 0.15) is 0 Å². The molecule has 0 saturated carbocycles. The molecule has 0 atom stereocenters. The average molecular weight is 400 g/mol. The number of aryl methyl sites for hydroxylation is 5. The molecular formula is C29H36. The highest BCUT2D eigenvalue weighted by molar-refractivity contribution is 5.39. The Morgan fingerprint density at radius 2 is 1.03 bits per heavy atom. The third-order valence-electron chi connectivity index (χ3n) is 4.24. The predicted molar refractivity (Wildman–Crippen MR) is 127 cm³/mol. The molecule has 0 radical (unpaired) electrons. The number of hydrogen-bond acceptors (Lipinski definition) is 0. The highest BCUT2D eigenvalue weighted by atomic mass is 14.1. The lowest BCUT2D eigenvalue weighted by Gasteiger charge is -2.12. The second-order valence-electron chi connectivity index (χ2n) is 7.71. The van der Waals surface area contributed by atoms with Gasteiger partial charge in [-0.3, -0.25) is 0 Å². The smallest absolute Gasteiger partial charge is 0.0366 e. The molecule has 0 saturated heterocycles. The van der Waals surface area contributed by atoms with Crippen LogP contribution in [0.5, 0.6) is 0 Å². The lowest BCUT2D eigenvalue weighted by atomic mass is 9.93. The van der Waals surface area contributed by atoms with Gasteiger partial charge < -0.3 is 0 Å². The summed E-state index contributed by atoms with van der Waals surface area (Å²) >= 11 is 0. The van der Waals surface area contributed by atoms with Gasteiger partial charge in [0.15, 0.2) is 0 Å². The molecule has 0 heterocycles. The summed E-state index contributed by atoms with van der Waals surface area (Å²) in [6, 6.07) is 10.9. The first-order valence-corrected chi connectivity index (χ1v) is 9.61. The molecule has 3 aromatic carbocycles. The molecule has 0 aromatic heterocycles. The van der Waals surface area contributed by atoms with Crippen LogP contribution in [-0.4, -0.2) is 0 Å². The van der Waals surface area contributed by atoms with E-state index in [1.54, 1.807) is 20.8 Å². The fraction of sp³-hybridized carbons (Fsp3) is 0.379. The topological polar surface area (TPSA) is 0 Å². The first-order valence-electron chi connectivity index (χ1n) is 17.1. The van der Waals surface area contributed by atoms with Crippen LogP contribution in [0.2, 0.25) is 0 Å². The molecule has 3 aromatic rings. The zero-order valence-corrected chi connectivity index (χ0v) is 17.0. The Bertz CT molecular complexity index is 1510. The Morgan fingerprint density at radius 1 is 0.621 bits per heavy atom. The third-order valence-corrected chi connectivity index (χ3v) is 4.24. The van der Waals surface area contributed by atoms with Gasteiger partial charge in [-0.15, -0.1) is 0 Å². The highest BCUT2D eigenvalue weighted by Gasteiger charge is 2.06. The predicted octanol–water partition coefficient (Wildman–Crippen LogP) is 7.69. The van der Waals surface area contributed by atoms with Gasteiger partial charge in [-0.05, 0) is 86.8 Å². The van der Waals surface area contributed by atoms with Gasteiger partial charge in [0.25, 0.3) is 0 Å². The summed E-state index contributed by atoms with van der Waals surface area (Å²) in [5.41, 5.74) is -1.17.